The predicted molar refractivity (Wildman–Crippen MR) is 35.2 cm³/mol. The van der Waals surface area contributed by atoms with Crippen LogP contribution in [0.5, 0.6) is 0 Å². The lowest BCUT2D eigenvalue weighted by Gasteiger charge is -2.11. The second kappa shape index (κ2) is 3.18. The van der Waals surface area contributed by atoms with E-state index < -0.39 is 0 Å². The first-order chi connectivity index (χ1) is 4.38. The molecule has 1 heterocycles. The fourth-order valence-corrected chi connectivity index (χ4v) is 1.19. The maximum absolute atomic E-state index is 5.28. The normalized spacial score (nSPS) is 35.3. The van der Waals surface area contributed by atoms with Gasteiger partial charge in [0, 0.05) is 0 Å². The van der Waals surface area contributed by atoms with Crippen LogP contribution < -0.4 is 0 Å². The van der Waals surface area contributed by atoms with Gasteiger partial charge in [0.15, 0.2) is 0 Å². The van der Waals surface area contributed by atoms with Gasteiger partial charge < -0.3 is 9.47 Å². The summed E-state index contributed by atoms with van der Waals surface area (Å²) in [7, 11) is 0. The summed E-state index contributed by atoms with van der Waals surface area (Å²) >= 11 is 0. The highest BCUT2D eigenvalue weighted by Crippen LogP contribution is 2.17. The van der Waals surface area contributed by atoms with E-state index in [1.54, 1.807) is 0 Å². The molecule has 0 aromatic rings. The van der Waals surface area contributed by atoms with Gasteiger partial charge in [0.1, 0.15) is 6.79 Å². The van der Waals surface area contributed by atoms with E-state index in [0.29, 0.717) is 19.0 Å². The van der Waals surface area contributed by atoms with Gasteiger partial charge in [0.2, 0.25) is 0 Å². The molecular formula is C7H14O2. The first kappa shape index (κ1) is 7.03. The van der Waals surface area contributed by atoms with Crippen molar-refractivity contribution in [3.63, 3.8) is 0 Å². The van der Waals surface area contributed by atoms with Crippen molar-refractivity contribution in [3.8, 4) is 0 Å². The molecule has 0 amide bonds. The minimum Gasteiger partial charge on any atom is -0.349 e. The zero-order valence-electron chi connectivity index (χ0n) is 6.09. The third-order valence-electron chi connectivity index (χ3n) is 1.78. The van der Waals surface area contributed by atoms with E-state index in [2.05, 4.69) is 13.8 Å². The lowest BCUT2D eigenvalue weighted by molar-refractivity contribution is 0.0377. The molecular weight excluding hydrogens is 116 g/mol. The molecule has 0 saturated carbocycles. The Morgan fingerprint density at radius 1 is 1.11 bits per heavy atom. The van der Waals surface area contributed by atoms with Gasteiger partial charge in [-0.05, 0) is 12.8 Å². The average molecular weight is 130 g/mol. The van der Waals surface area contributed by atoms with E-state index in [1.807, 2.05) is 0 Å². The summed E-state index contributed by atoms with van der Waals surface area (Å²) in [4.78, 5) is 0. The standard InChI is InChI=1S/C7H14O2/c1-3-6-7(4-2)9-5-8-6/h6-7H,3-5H2,1-2H3. The van der Waals surface area contributed by atoms with Gasteiger partial charge in [-0.15, -0.1) is 0 Å². The summed E-state index contributed by atoms with van der Waals surface area (Å²) in [6, 6.07) is 0. The quantitative estimate of drug-likeness (QED) is 0.564. The van der Waals surface area contributed by atoms with Crippen molar-refractivity contribution in [2.45, 2.75) is 38.9 Å². The van der Waals surface area contributed by atoms with E-state index in [0.717, 1.165) is 12.8 Å². The molecule has 0 spiro atoms. The topological polar surface area (TPSA) is 18.5 Å². The second-order valence-electron chi connectivity index (χ2n) is 2.34. The Bertz CT molecular complexity index is 73.0. The Hall–Kier alpha value is -0.0800. The largest absolute Gasteiger partial charge is 0.349 e. The van der Waals surface area contributed by atoms with Crippen LogP contribution in [0.1, 0.15) is 26.7 Å². The Labute approximate surface area is 56.2 Å². The van der Waals surface area contributed by atoms with Crippen molar-refractivity contribution in [2.75, 3.05) is 6.79 Å². The SMILES string of the molecule is CCC1OCOC1CC. The van der Waals surface area contributed by atoms with Crippen LogP contribution in [-0.2, 0) is 9.47 Å². The molecule has 0 radical (unpaired) electrons. The first-order valence-electron chi connectivity index (χ1n) is 3.61. The zero-order chi connectivity index (χ0) is 6.69. The predicted octanol–water partition coefficient (Wildman–Crippen LogP) is 1.55. The van der Waals surface area contributed by atoms with E-state index in [4.69, 9.17) is 9.47 Å². The summed E-state index contributed by atoms with van der Waals surface area (Å²) in [5.74, 6) is 0. The molecule has 1 aliphatic rings. The molecule has 2 nitrogen and oxygen atoms in total. The van der Waals surface area contributed by atoms with Gasteiger partial charge >= 0.3 is 0 Å². The number of hydrogen-bond donors (Lipinski definition) is 0. The lowest BCUT2D eigenvalue weighted by Crippen LogP contribution is -2.20. The van der Waals surface area contributed by atoms with Crippen LogP contribution in [0.3, 0.4) is 0 Å². The van der Waals surface area contributed by atoms with Crippen LogP contribution >= 0.6 is 0 Å². The van der Waals surface area contributed by atoms with Crippen LogP contribution in [0.25, 0.3) is 0 Å². The Kier molecular flexibility index (Phi) is 2.49. The highest BCUT2D eigenvalue weighted by molar-refractivity contribution is 4.70. The molecule has 2 atom stereocenters. The monoisotopic (exact) mass is 130 g/mol. The average Bonchev–Trinajstić information content (AvgIpc) is 2.33. The van der Waals surface area contributed by atoms with Gasteiger partial charge in [0.05, 0.1) is 12.2 Å². The molecule has 1 saturated heterocycles. The first-order valence-corrected chi connectivity index (χ1v) is 3.61. The summed E-state index contributed by atoms with van der Waals surface area (Å²) in [6.45, 7) is 4.75. The van der Waals surface area contributed by atoms with Crippen LogP contribution in [0, 0.1) is 0 Å². The van der Waals surface area contributed by atoms with Crippen LogP contribution in [0.2, 0.25) is 0 Å². The molecule has 1 aliphatic heterocycles. The molecule has 54 valence electrons. The molecule has 0 aromatic carbocycles. The molecule has 9 heavy (non-hydrogen) atoms. The smallest absolute Gasteiger partial charge is 0.147 e. The molecule has 0 N–H and O–H groups in total. The second-order valence-corrected chi connectivity index (χ2v) is 2.34. The highest BCUT2D eigenvalue weighted by atomic mass is 16.7. The fourth-order valence-electron chi connectivity index (χ4n) is 1.19. The van der Waals surface area contributed by atoms with Crippen LogP contribution in [0.4, 0.5) is 0 Å². The summed E-state index contributed by atoms with van der Waals surface area (Å²) < 4.78 is 10.6. The number of hydrogen-bond acceptors (Lipinski definition) is 2. The van der Waals surface area contributed by atoms with Crippen molar-refractivity contribution in [3.05, 3.63) is 0 Å². The third-order valence-corrected chi connectivity index (χ3v) is 1.78. The molecule has 2 unspecified atom stereocenters. The third kappa shape index (κ3) is 1.43. The molecule has 2 heteroatoms. The van der Waals surface area contributed by atoms with Gasteiger partial charge in [-0.2, -0.15) is 0 Å². The summed E-state index contributed by atoms with van der Waals surface area (Å²) in [5.41, 5.74) is 0. The maximum Gasteiger partial charge on any atom is 0.147 e. The Morgan fingerprint density at radius 2 is 1.56 bits per heavy atom. The number of ether oxygens (including phenoxy) is 2. The zero-order valence-corrected chi connectivity index (χ0v) is 6.09. The summed E-state index contributed by atoms with van der Waals surface area (Å²) in [6.07, 6.45) is 2.85. The van der Waals surface area contributed by atoms with E-state index in [-0.39, 0.29) is 0 Å². The molecule has 1 rings (SSSR count). The van der Waals surface area contributed by atoms with Crippen molar-refractivity contribution < 1.29 is 9.47 Å². The van der Waals surface area contributed by atoms with Crippen molar-refractivity contribution in [2.24, 2.45) is 0 Å². The molecule has 0 aliphatic carbocycles. The van der Waals surface area contributed by atoms with Gasteiger partial charge in [-0.1, -0.05) is 13.8 Å². The minimum absolute atomic E-state index is 0.356. The van der Waals surface area contributed by atoms with Gasteiger partial charge in [-0.3, -0.25) is 0 Å². The molecule has 0 bridgehead atoms. The van der Waals surface area contributed by atoms with E-state index in [9.17, 15) is 0 Å². The molecule has 0 aromatic heterocycles. The fraction of sp³-hybridized carbons (Fsp3) is 1.00. The van der Waals surface area contributed by atoms with Crippen molar-refractivity contribution >= 4 is 0 Å². The maximum atomic E-state index is 5.28. The van der Waals surface area contributed by atoms with Crippen molar-refractivity contribution in [1.29, 1.82) is 0 Å². The lowest BCUT2D eigenvalue weighted by atomic mass is 10.1. The van der Waals surface area contributed by atoms with E-state index in [1.165, 1.54) is 0 Å². The minimum atomic E-state index is 0.356. The van der Waals surface area contributed by atoms with Crippen LogP contribution in [0.15, 0.2) is 0 Å². The van der Waals surface area contributed by atoms with Gasteiger partial charge in [0.25, 0.3) is 0 Å². The summed E-state index contributed by atoms with van der Waals surface area (Å²) in [5, 5.41) is 0. The Balaban J connectivity index is 2.32. The van der Waals surface area contributed by atoms with Gasteiger partial charge in [-0.25, -0.2) is 0 Å². The number of rotatable bonds is 2. The van der Waals surface area contributed by atoms with Crippen LogP contribution in [-0.4, -0.2) is 19.0 Å². The Morgan fingerprint density at radius 3 is 1.89 bits per heavy atom. The molecule has 1 fully saturated rings. The van der Waals surface area contributed by atoms with E-state index >= 15 is 0 Å². The highest BCUT2D eigenvalue weighted by Gasteiger charge is 2.25. The van der Waals surface area contributed by atoms with Crippen molar-refractivity contribution in [1.82, 2.24) is 0 Å².